The maximum absolute atomic E-state index is 12.1. The Labute approximate surface area is 138 Å². The van der Waals surface area contributed by atoms with E-state index >= 15 is 0 Å². The van der Waals surface area contributed by atoms with E-state index in [1.807, 2.05) is 13.0 Å². The van der Waals surface area contributed by atoms with Gasteiger partial charge in [-0.2, -0.15) is 0 Å². The number of ketones is 1. The number of hydrogen-bond donors (Lipinski definition) is 1. The zero-order valence-corrected chi connectivity index (χ0v) is 14.2. The zero-order valence-electron chi connectivity index (χ0n) is 12.5. The van der Waals surface area contributed by atoms with E-state index in [1.165, 1.54) is 23.5 Å². The molecule has 1 heterocycles. The zero-order chi connectivity index (χ0) is 17.0. The molecule has 2 rings (SSSR count). The summed E-state index contributed by atoms with van der Waals surface area (Å²) in [5.74, 6) is -1.07. The highest BCUT2D eigenvalue weighted by molar-refractivity contribution is 7.92. The molecule has 0 bridgehead atoms. The Balaban J connectivity index is 2.08. The molecule has 1 aromatic heterocycles. The second-order valence-electron chi connectivity index (χ2n) is 4.83. The van der Waals surface area contributed by atoms with Crippen LogP contribution in [0.2, 0.25) is 0 Å². The third kappa shape index (κ3) is 4.90. The van der Waals surface area contributed by atoms with E-state index < -0.39 is 22.6 Å². The summed E-state index contributed by atoms with van der Waals surface area (Å²) in [4.78, 5) is 25.5. The largest absolute Gasteiger partial charge is 0.454 e. The van der Waals surface area contributed by atoms with Crippen LogP contribution in [0, 0.1) is 6.92 Å². The molecule has 6 nitrogen and oxygen atoms in total. The Morgan fingerprint density at radius 1 is 1.17 bits per heavy atom. The third-order valence-electron chi connectivity index (χ3n) is 2.79. The van der Waals surface area contributed by atoms with Crippen LogP contribution in [-0.2, 0) is 14.8 Å². The molecule has 0 aliphatic heterocycles. The first-order valence-electron chi connectivity index (χ1n) is 6.60. The Hall–Kier alpha value is -2.19. The Morgan fingerprint density at radius 2 is 1.87 bits per heavy atom. The molecule has 0 atom stereocenters. The molecule has 0 unspecified atom stereocenters. The average molecular weight is 353 g/mol. The van der Waals surface area contributed by atoms with Gasteiger partial charge in [0.15, 0.2) is 6.61 Å². The monoisotopic (exact) mass is 353 g/mol. The highest BCUT2D eigenvalue weighted by Gasteiger charge is 2.17. The van der Waals surface area contributed by atoms with E-state index in [0.717, 1.165) is 11.1 Å². The average Bonchev–Trinajstić information content (AvgIpc) is 2.90. The number of aryl methyl sites for hydroxylation is 1. The fourth-order valence-electron chi connectivity index (χ4n) is 1.81. The van der Waals surface area contributed by atoms with Crippen molar-refractivity contribution in [1.29, 1.82) is 0 Å². The van der Waals surface area contributed by atoms with Crippen LogP contribution >= 0.6 is 11.3 Å². The summed E-state index contributed by atoms with van der Waals surface area (Å²) in [7, 11) is -3.53. The highest BCUT2D eigenvalue weighted by Crippen LogP contribution is 2.19. The number of esters is 1. The summed E-state index contributed by atoms with van der Waals surface area (Å²) in [5.41, 5.74) is 0.160. The topological polar surface area (TPSA) is 89.5 Å². The van der Waals surface area contributed by atoms with Crippen molar-refractivity contribution < 1.29 is 22.7 Å². The van der Waals surface area contributed by atoms with Gasteiger partial charge in [0.2, 0.25) is 15.8 Å². The van der Waals surface area contributed by atoms with Crippen LogP contribution in [0.4, 0.5) is 5.69 Å². The molecule has 1 aromatic carbocycles. The van der Waals surface area contributed by atoms with Gasteiger partial charge in [0, 0.05) is 4.88 Å². The van der Waals surface area contributed by atoms with Gasteiger partial charge in [0.1, 0.15) is 0 Å². The van der Waals surface area contributed by atoms with Crippen LogP contribution in [0.15, 0.2) is 36.4 Å². The predicted molar refractivity (Wildman–Crippen MR) is 88.6 cm³/mol. The van der Waals surface area contributed by atoms with E-state index in [0.29, 0.717) is 4.88 Å². The second kappa shape index (κ2) is 6.93. The number of nitrogens with one attached hydrogen (secondary N) is 1. The molecule has 0 radical (unpaired) electrons. The van der Waals surface area contributed by atoms with Gasteiger partial charge in [-0.05, 0) is 31.2 Å². The molecule has 0 aliphatic rings. The summed E-state index contributed by atoms with van der Waals surface area (Å²) in [6.07, 6.45) is 0.984. The highest BCUT2D eigenvalue weighted by atomic mass is 32.2. The first-order chi connectivity index (χ1) is 10.8. The van der Waals surface area contributed by atoms with Gasteiger partial charge in [0.25, 0.3) is 0 Å². The Kier molecular flexibility index (Phi) is 5.17. The number of carbonyl (C=O) groups is 2. The number of benzene rings is 1. The molecule has 8 heteroatoms. The summed E-state index contributed by atoms with van der Waals surface area (Å²) >= 11 is 1.32. The van der Waals surface area contributed by atoms with Gasteiger partial charge in [-0.25, -0.2) is 13.2 Å². The number of Topliss-reactive ketones (excluding diaryl/α,β-unsaturated/α-hetero) is 1. The van der Waals surface area contributed by atoms with Gasteiger partial charge in [-0.1, -0.05) is 12.1 Å². The van der Waals surface area contributed by atoms with Gasteiger partial charge < -0.3 is 4.74 Å². The lowest BCUT2D eigenvalue weighted by Gasteiger charge is -2.09. The fourth-order valence-corrected chi connectivity index (χ4v) is 3.18. The minimum atomic E-state index is -3.53. The smallest absolute Gasteiger partial charge is 0.340 e. The number of sulfonamides is 1. The van der Waals surface area contributed by atoms with Crippen molar-refractivity contribution in [3.63, 3.8) is 0 Å². The molecule has 0 saturated carbocycles. The van der Waals surface area contributed by atoms with Gasteiger partial charge in [-0.3, -0.25) is 9.52 Å². The van der Waals surface area contributed by atoms with Crippen molar-refractivity contribution in [1.82, 2.24) is 0 Å². The van der Waals surface area contributed by atoms with E-state index in [9.17, 15) is 18.0 Å². The standard InChI is InChI=1S/C15H15NO5S2/c1-10-7-8-14(22-10)13(17)9-21-15(18)11-5-3-4-6-12(11)16-23(2,19)20/h3-8,16H,9H2,1-2H3. The summed E-state index contributed by atoms with van der Waals surface area (Å²) in [6, 6.07) is 9.52. The maximum atomic E-state index is 12.1. The van der Waals surface area contributed by atoms with Crippen LogP contribution in [0.5, 0.6) is 0 Å². The van der Waals surface area contributed by atoms with Gasteiger partial charge in [0.05, 0.1) is 22.4 Å². The molecule has 0 aliphatic carbocycles. The Bertz CT molecular complexity index is 839. The maximum Gasteiger partial charge on any atom is 0.340 e. The fraction of sp³-hybridized carbons (Fsp3) is 0.200. The van der Waals surface area contributed by atoms with Crippen molar-refractivity contribution in [2.24, 2.45) is 0 Å². The molecule has 23 heavy (non-hydrogen) atoms. The number of thiophene rings is 1. The number of anilines is 1. The third-order valence-corrected chi connectivity index (χ3v) is 4.42. The SMILES string of the molecule is Cc1ccc(C(=O)COC(=O)c2ccccc2NS(C)(=O)=O)s1. The van der Waals surface area contributed by atoms with Crippen molar-refractivity contribution in [2.75, 3.05) is 17.6 Å². The number of carbonyl (C=O) groups excluding carboxylic acids is 2. The van der Waals surface area contributed by atoms with E-state index in [1.54, 1.807) is 18.2 Å². The van der Waals surface area contributed by atoms with Crippen molar-refractivity contribution in [2.45, 2.75) is 6.92 Å². The number of hydrogen-bond acceptors (Lipinski definition) is 6. The molecule has 2 aromatic rings. The molecule has 0 spiro atoms. The molecular formula is C15H15NO5S2. The van der Waals surface area contributed by atoms with Crippen molar-refractivity contribution in [3.8, 4) is 0 Å². The van der Waals surface area contributed by atoms with Crippen molar-refractivity contribution >= 4 is 38.8 Å². The second-order valence-corrected chi connectivity index (χ2v) is 7.87. The van der Waals surface area contributed by atoms with Crippen LogP contribution in [0.1, 0.15) is 24.9 Å². The number of rotatable bonds is 6. The van der Waals surface area contributed by atoms with Gasteiger partial charge >= 0.3 is 5.97 Å². The number of ether oxygens (including phenoxy) is 1. The van der Waals surface area contributed by atoms with Crippen molar-refractivity contribution in [3.05, 3.63) is 51.7 Å². The Morgan fingerprint density at radius 3 is 2.48 bits per heavy atom. The minimum Gasteiger partial charge on any atom is -0.454 e. The van der Waals surface area contributed by atoms with Crippen LogP contribution in [0.3, 0.4) is 0 Å². The van der Waals surface area contributed by atoms with Gasteiger partial charge in [-0.15, -0.1) is 11.3 Å². The molecule has 122 valence electrons. The lowest BCUT2D eigenvalue weighted by molar-refractivity contribution is 0.0477. The summed E-state index contributed by atoms with van der Waals surface area (Å²) in [6.45, 7) is 1.48. The van der Waals surface area contributed by atoms with E-state index in [2.05, 4.69) is 4.72 Å². The molecule has 0 saturated heterocycles. The molecular weight excluding hydrogens is 338 g/mol. The van der Waals surface area contributed by atoms with E-state index in [4.69, 9.17) is 4.74 Å². The number of para-hydroxylation sites is 1. The van der Waals surface area contributed by atoms with E-state index in [-0.39, 0.29) is 17.0 Å². The minimum absolute atomic E-state index is 0.0492. The normalized spacial score (nSPS) is 11.0. The van der Waals surface area contributed by atoms with Crippen LogP contribution < -0.4 is 4.72 Å². The van der Waals surface area contributed by atoms with Crippen LogP contribution in [0.25, 0.3) is 0 Å². The lowest BCUT2D eigenvalue weighted by Crippen LogP contribution is -2.17. The van der Waals surface area contributed by atoms with Crippen LogP contribution in [-0.4, -0.2) is 33.0 Å². The lowest BCUT2D eigenvalue weighted by atomic mass is 10.2. The summed E-state index contributed by atoms with van der Waals surface area (Å²) < 4.78 is 29.9. The first-order valence-corrected chi connectivity index (χ1v) is 9.30. The summed E-state index contributed by atoms with van der Waals surface area (Å²) in [5, 5.41) is 0. The first kappa shape index (κ1) is 17.2. The quantitative estimate of drug-likeness (QED) is 0.636. The predicted octanol–water partition coefficient (Wildman–Crippen LogP) is 2.47. The molecule has 0 fully saturated rings. The molecule has 1 N–H and O–H groups in total. The molecule has 0 amide bonds.